The second-order valence-corrected chi connectivity index (χ2v) is 9.39. The summed E-state index contributed by atoms with van der Waals surface area (Å²) in [5.74, 6) is 1.53. The van der Waals surface area contributed by atoms with Gasteiger partial charge >= 0.3 is 0 Å². The van der Waals surface area contributed by atoms with Crippen LogP contribution in [0.2, 0.25) is 0 Å². The second-order valence-electron chi connectivity index (χ2n) is 9.39. The summed E-state index contributed by atoms with van der Waals surface area (Å²) < 4.78 is 6.47. The summed E-state index contributed by atoms with van der Waals surface area (Å²) in [4.78, 5) is 7.07. The van der Waals surface area contributed by atoms with Gasteiger partial charge in [0.1, 0.15) is 18.2 Å². The molecular weight excluding hydrogens is 470 g/mol. The number of amidine groups is 1. The summed E-state index contributed by atoms with van der Waals surface area (Å²) in [6, 6.07) is 26.7. The fourth-order valence-corrected chi connectivity index (χ4v) is 4.80. The van der Waals surface area contributed by atoms with E-state index in [4.69, 9.17) is 15.5 Å². The smallest absolute Gasteiger partial charge is 0.156 e. The number of nitrogens with two attached hydrogens (primary N) is 1. The van der Waals surface area contributed by atoms with Gasteiger partial charge in [-0.3, -0.25) is 0 Å². The quantitative estimate of drug-likeness (QED) is 0.323. The van der Waals surface area contributed by atoms with Gasteiger partial charge in [-0.1, -0.05) is 85.8 Å². The van der Waals surface area contributed by atoms with E-state index in [1.165, 1.54) is 11.8 Å². The molecule has 0 spiro atoms. The Morgan fingerprint density at radius 1 is 1.00 bits per heavy atom. The van der Waals surface area contributed by atoms with Crippen molar-refractivity contribution >= 4 is 5.84 Å². The van der Waals surface area contributed by atoms with E-state index < -0.39 is 6.23 Å². The normalized spacial score (nSPS) is 16.2. The van der Waals surface area contributed by atoms with Gasteiger partial charge in [-0.05, 0) is 67.3 Å². The number of rotatable bonds is 10. The van der Waals surface area contributed by atoms with Crippen LogP contribution >= 0.6 is 0 Å². The maximum atomic E-state index is 11.8. The molecule has 0 amide bonds. The first-order valence-electron chi connectivity index (χ1n) is 13.2. The summed E-state index contributed by atoms with van der Waals surface area (Å²) >= 11 is 0. The molecule has 1 unspecified atom stereocenters. The monoisotopic (exact) mass is 507 g/mol. The highest BCUT2D eigenvalue weighted by Crippen LogP contribution is 2.34. The van der Waals surface area contributed by atoms with Crippen LogP contribution in [0, 0.1) is 0 Å². The van der Waals surface area contributed by atoms with Crippen molar-refractivity contribution in [1.29, 1.82) is 0 Å². The number of aliphatic hydroxyl groups is 1. The van der Waals surface area contributed by atoms with E-state index in [2.05, 4.69) is 37.3 Å². The molecular formula is C33H37N3O2. The van der Waals surface area contributed by atoms with Crippen molar-refractivity contribution in [2.24, 2.45) is 10.7 Å². The maximum absolute atomic E-state index is 11.8. The van der Waals surface area contributed by atoms with Crippen molar-refractivity contribution in [3.63, 3.8) is 0 Å². The van der Waals surface area contributed by atoms with Crippen molar-refractivity contribution in [3.8, 4) is 5.75 Å². The van der Waals surface area contributed by atoms with Crippen molar-refractivity contribution in [2.75, 3.05) is 6.54 Å². The van der Waals surface area contributed by atoms with Crippen molar-refractivity contribution in [2.45, 2.75) is 46.4 Å². The van der Waals surface area contributed by atoms with E-state index in [0.717, 1.165) is 58.0 Å². The van der Waals surface area contributed by atoms with Crippen LogP contribution < -0.4 is 10.5 Å². The minimum Gasteiger partial charge on any atom is -0.488 e. The Bertz CT molecular complexity index is 1340. The highest BCUT2D eigenvalue weighted by atomic mass is 16.5. The number of allylic oxidation sites excluding steroid dienone is 3. The molecule has 1 atom stereocenters. The highest BCUT2D eigenvalue weighted by molar-refractivity contribution is 6.03. The summed E-state index contributed by atoms with van der Waals surface area (Å²) in [6.07, 6.45) is 5.90. The molecule has 0 saturated carbocycles. The molecule has 4 rings (SSSR count). The first-order valence-corrected chi connectivity index (χ1v) is 13.2. The van der Waals surface area contributed by atoms with Crippen LogP contribution in [0.1, 0.15) is 43.0 Å². The molecule has 3 aromatic carbocycles. The third-order valence-electron chi connectivity index (χ3n) is 6.80. The summed E-state index contributed by atoms with van der Waals surface area (Å²) in [7, 11) is 0. The molecule has 1 aliphatic heterocycles. The average Bonchev–Trinajstić information content (AvgIpc) is 2.95. The number of aliphatic imine (C=N–C) groups is 1. The Balaban J connectivity index is 1.78. The minimum absolute atomic E-state index is 0.456. The Labute approximate surface area is 226 Å². The molecule has 1 heterocycles. The first kappa shape index (κ1) is 27.0. The van der Waals surface area contributed by atoms with Crippen LogP contribution in [0.5, 0.6) is 5.75 Å². The number of hydrogen-bond acceptors (Lipinski definition) is 5. The van der Waals surface area contributed by atoms with Crippen molar-refractivity contribution < 1.29 is 9.84 Å². The summed E-state index contributed by atoms with van der Waals surface area (Å²) in [5.41, 5.74) is 12.4. The van der Waals surface area contributed by atoms with Crippen LogP contribution in [0.3, 0.4) is 0 Å². The Morgan fingerprint density at radius 2 is 1.68 bits per heavy atom. The lowest BCUT2D eigenvalue weighted by atomic mass is 9.97. The van der Waals surface area contributed by atoms with Crippen LogP contribution in [-0.4, -0.2) is 28.6 Å². The van der Waals surface area contributed by atoms with Gasteiger partial charge in [0.05, 0.1) is 5.56 Å². The zero-order chi connectivity index (χ0) is 26.9. The van der Waals surface area contributed by atoms with Crippen molar-refractivity contribution in [3.05, 3.63) is 136 Å². The zero-order valence-electron chi connectivity index (χ0n) is 22.5. The number of aryl methyl sites for hydroxylation is 1. The predicted molar refractivity (Wildman–Crippen MR) is 156 cm³/mol. The number of aliphatic hydroxyl groups excluding tert-OH is 1. The molecule has 3 N–H and O–H groups in total. The average molecular weight is 508 g/mol. The molecule has 5 heteroatoms. The molecule has 38 heavy (non-hydrogen) atoms. The molecule has 0 aliphatic carbocycles. The van der Waals surface area contributed by atoms with E-state index in [-0.39, 0.29) is 0 Å². The Morgan fingerprint density at radius 3 is 2.34 bits per heavy atom. The first-order chi connectivity index (χ1) is 18.5. The molecule has 0 aromatic heterocycles. The van der Waals surface area contributed by atoms with Gasteiger partial charge in [0.25, 0.3) is 0 Å². The Kier molecular flexibility index (Phi) is 9.17. The molecule has 3 aromatic rings. The van der Waals surface area contributed by atoms with Crippen LogP contribution in [0.25, 0.3) is 0 Å². The zero-order valence-corrected chi connectivity index (χ0v) is 22.5. The highest BCUT2D eigenvalue weighted by Gasteiger charge is 2.32. The number of nitrogens with zero attached hydrogens (tertiary/aromatic N) is 2. The van der Waals surface area contributed by atoms with Gasteiger partial charge in [-0.2, -0.15) is 0 Å². The topological polar surface area (TPSA) is 71.1 Å². The number of para-hydroxylation sites is 1. The summed E-state index contributed by atoms with van der Waals surface area (Å²) in [6.45, 7) is 7.10. The fraction of sp³-hybridized carbons (Fsp3) is 0.242. The van der Waals surface area contributed by atoms with Gasteiger partial charge in [-0.15, -0.1) is 0 Å². The largest absolute Gasteiger partial charge is 0.488 e. The van der Waals surface area contributed by atoms with Gasteiger partial charge in [0, 0.05) is 17.8 Å². The lowest BCUT2D eigenvalue weighted by Gasteiger charge is -2.37. The number of hydrogen-bond donors (Lipinski definition) is 2. The standard InChI is InChI=1S/C33H37N3O2/c1-4-28-18-11-19-29(31(28)38-23-27-16-9-6-10-17-27)32-35-25(3)30(24(2)13-12-21-34)33(37)36(32)22-20-26-14-7-5-8-15-26/h5-19,21,33,37H,4,20,22-23,34H2,1-3H3/b21-12-,24-13+. The third-order valence-corrected chi connectivity index (χ3v) is 6.80. The van der Waals surface area contributed by atoms with Crippen LogP contribution in [0.15, 0.2) is 119 Å². The maximum Gasteiger partial charge on any atom is 0.156 e. The Hall–Kier alpha value is -4.09. The molecule has 0 bridgehead atoms. The van der Waals surface area contributed by atoms with E-state index in [9.17, 15) is 5.11 Å². The predicted octanol–water partition coefficient (Wildman–Crippen LogP) is 6.14. The van der Waals surface area contributed by atoms with E-state index in [1.807, 2.05) is 73.4 Å². The SMILES string of the molecule is CCc1cccc(C2=NC(C)=C(/C(C)=C/C=C\N)C(O)N2CCc2ccccc2)c1OCc1ccccc1. The molecule has 1 aliphatic rings. The van der Waals surface area contributed by atoms with Crippen LogP contribution in [-0.2, 0) is 19.4 Å². The number of benzene rings is 3. The van der Waals surface area contributed by atoms with Gasteiger partial charge in [0.15, 0.2) is 6.23 Å². The van der Waals surface area contributed by atoms with Gasteiger partial charge < -0.3 is 20.5 Å². The molecule has 196 valence electrons. The van der Waals surface area contributed by atoms with Crippen LogP contribution in [0.4, 0.5) is 0 Å². The molecule has 0 radical (unpaired) electrons. The number of ether oxygens (including phenoxy) is 1. The summed E-state index contributed by atoms with van der Waals surface area (Å²) in [5, 5.41) is 11.8. The van der Waals surface area contributed by atoms with Gasteiger partial charge in [-0.25, -0.2) is 4.99 Å². The van der Waals surface area contributed by atoms with Crippen molar-refractivity contribution in [1.82, 2.24) is 4.90 Å². The second kappa shape index (κ2) is 12.9. The van der Waals surface area contributed by atoms with E-state index >= 15 is 0 Å². The van der Waals surface area contributed by atoms with Gasteiger partial charge in [0.2, 0.25) is 0 Å². The molecule has 0 fully saturated rings. The lowest BCUT2D eigenvalue weighted by molar-refractivity contribution is 0.0846. The third kappa shape index (κ3) is 6.24. The molecule has 5 nitrogen and oxygen atoms in total. The minimum atomic E-state index is -0.860. The van der Waals surface area contributed by atoms with E-state index in [1.54, 1.807) is 6.08 Å². The van der Waals surface area contributed by atoms with E-state index in [0.29, 0.717) is 13.2 Å². The fourth-order valence-electron chi connectivity index (χ4n) is 4.80. The lowest BCUT2D eigenvalue weighted by Crippen LogP contribution is -2.46. The molecule has 0 saturated heterocycles.